The molecule has 6 heteroatoms. The first-order chi connectivity index (χ1) is 11.4. The van der Waals surface area contributed by atoms with Crippen molar-refractivity contribution in [2.24, 2.45) is 5.92 Å². The number of benzene rings is 1. The first kappa shape index (κ1) is 16.8. The Balaban J connectivity index is 1.64. The van der Waals surface area contributed by atoms with Gasteiger partial charge in [0.1, 0.15) is 0 Å². The van der Waals surface area contributed by atoms with Crippen molar-refractivity contribution in [1.82, 2.24) is 5.32 Å². The van der Waals surface area contributed by atoms with Gasteiger partial charge in [0.25, 0.3) is 0 Å². The Morgan fingerprint density at radius 1 is 1.33 bits per heavy atom. The first-order valence-electron chi connectivity index (χ1n) is 8.44. The number of ether oxygens (including phenoxy) is 1. The Bertz CT molecular complexity index is 644. The molecule has 0 bridgehead atoms. The van der Waals surface area contributed by atoms with Crippen LogP contribution in [0.3, 0.4) is 0 Å². The highest BCUT2D eigenvalue weighted by molar-refractivity contribution is 5.93. The van der Waals surface area contributed by atoms with Crippen molar-refractivity contribution in [2.75, 3.05) is 23.9 Å². The van der Waals surface area contributed by atoms with E-state index in [1.54, 1.807) is 18.0 Å². The molecule has 130 valence electrons. The maximum Gasteiger partial charge on any atom is 0.319 e. The predicted octanol–water partition coefficient (Wildman–Crippen LogP) is 2.75. The van der Waals surface area contributed by atoms with Crippen LogP contribution in [0.2, 0.25) is 0 Å². The zero-order valence-electron chi connectivity index (χ0n) is 14.5. The molecule has 2 atom stereocenters. The van der Waals surface area contributed by atoms with Gasteiger partial charge >= 0.3 is 6.03 Å². The molecule has 1 heterocycles. The third-order valence-corrected chi connectivity index (χ3v) is 4.96. The van der Waals surface area contributed by atoms with E-state index in [0.29, 0.717) is 18.2 Å². The molecular formula is C18H25N3O3. The summed E-state index contributed by atoms with van der Waals surface area (Å²) >= 11 is 0. The molecule has 1 aromatic carbocycles. The average Bonchev–Trinajstić information content (AvgIpc) is 3.29. The lowest BCUT2D eigenvalue weighted by atomic mass is 9.90. The fourth-order valence-electron chi connectivity index (χ4n) is 3.31. The van der Waals surface area contributed by atoms with Crippen LogP contribution in [0, 0.1) is 5.92 Å². The van der Waals surface area contributed by atoms with Crippen molar-refractivity contribution >= 4 is 23.3 Å². The smallest absolute Gasteiger partial charge is 0.319 e. The number of hydrogen-bond acceptors (Lipinski definition) is 3. The van der Waals surface area contributed by atoms with Gasteiger partial charge in [-0.05, 0) is 50.3 Å². The molecule has 0 aromatic heterocycles. The Labute approximate surface area is 142 Å². The summed E-state index contributed by atoms with van der Waals surface area (Å²) < 4.78 is 5.83. The van der Waals surface area contributed by atoms with Gasteiger partial charge in [-0.2, -0.15) is 0 Å². The first-order valence-corrected chi connectivity index (χ1v) is 8.44. The zero-order valence-corrected chi connectivity index (χ0v) is 14.5. The molecule has 2 N–H and O–H groups in total. The minimum absolute atomic E-state index is 0.0560. The number of nitrogens with one attached hydrogen (secondary N) is 2. The molecule has 1 aliphatic heterocycles. The molecule has 0 radical (unpaired) electrons. The molecule has 2 aliphatic rings. The van der Waals surface area contributed by atoms with E-state index < -0.39 is 0 Å². The monoisotopic (exact) mass is 331 g/mol. The van der Waals surface area contributed by atoms with Crippen LogP contribution in [-0.4, -0.2) is 37.2 Å². The molecular weight excluding hydrogens is 306 g/mol. The number of carbonyl (C=O) groups is 2. The highest BCUT2D eigenvalue weighted by Gasteiger charge is 2.49. The van der Waals surface area contributed by atoms with E-state index in [-0.39, 0.29) is 23.6 Å². The average molecular weight is 331 g/mol. The molecule has 1 saturated heterocycles. The topological polar surface area (TPSA) is 70.7 Å². The second-order valence-corrected chi connectivity index (χ2v) is 7.00. The van der Waals surface area contributed by atoms with Crippen LogP contribution in [0.4, 0.5) is 16.2 Å². The summed E-state index contributed by atoms with van der Waals surface area (Å²) in [6.07, 6.45) is 3.30. The summed E-state index contributed by atoms with van der Waals surface area (Å²) in [4.78, 5) is 25.4. The highest BCUT2D eigenvalue weighted by atomic mass is 16.5. The third-order valence-electron chi connectivity index (χ3n) is 4.96. The number of amides is 3. The number of urea groups is 1. The number of carbonyl (C=O) groups excluding carboxylic acids is 2. The van der Waals surface area contributed by atoms with Crippen LogP contribution in [0.1, 0.15) is 33.1 Å². The molecule has 6 nitrogen and oxygen atoms in total. The molecule has 1 aliphatic carbocycles. The van der Waals surface area contributed by atoms with E-state index in [4.69, 9.17) is 4.74 Å². The van der Waals surface area contributed by atoms with Gasteiger partial charge in [-0.3, -0.25) is 4.79 Å². The molecule has 1 saturated carbocycles. The molecule has 3 rings (SSSR count). The SMILES string of the molecule is CC(=O)N(C)c1cccc(NC(=O)N[C@]2(C)CCO[C@@H]2C2CC2)c1. The van der Waals surface area contributed by atoms with E-state index in [0.717, 1.165) is 12.1 Å². The Kier molecular flexibility index (Phi) is 4.49. The third kappa shape index (κ3) is 3.53. The van der Waals surface area contributed by atoms with Gasteiger partial charge in [-0.1, -0.05) is 6.07 Å². The maximum atomic E-state index is 12.4. The van der Waals surface area contributed by atoms with E-state index in [2.05, 4.69) is 17.6 Å². The van der Waals surface area contributed by atoms with Crippen LogP contribution in [0.5, 0.6) is 0 Å². The standard InChI is InChI=1S/C18H25N3O3/c1-12(22)21(3)15-6-4-5-14(11-15)19-17(23)20-18(2)9-10-24-16(18)13-7-8-13/h4-6,11,13,16H,7-10H2,1-3H3,(H2,19,20,23)/t16-,18-/m1/s1. The van der Waals surface area contributed by atoms with Crippen LogP contribution in [-0.2, 0) is 9.53 Å². The van der Waals surface area contributed by atoms with Gasteiger partial charge in [0.2, 0.25) is 5.91 Å². The Hall–Kier alpha value is -2.08. The largest absolute Gasteiger partial charge is 0.375 e. The lowest BCUT2D eigenvalue weighted by Gasteiger charge is -2.31. The van der Waals surface area contributed by atoms with Gasteiger partial charge in [-0.15, -0.1) is 0 Å². The molecule has 24 heavy (non-hydrogen) atoms. The van der Waals surface area contributed by atoms with Crippen molar-refractivity contribution in [1.29, 1.82) is 0 Å². The summed E-state index contributed by atoms with van der Waals surface area (Å²) in [5, 5.41) is 5.96. The van der Waals surface area contributed by atoms with Crippen molar-refractivity contribution in [3.63, 3.8) is 0 Å². The lowest BCUT2D eigenvalue weighted by molar-refractivity contribution is -0.116. The molecule has 1 aromatic rings. The number of nitrogens with zero attached hydrogens (tertiary/aromatic N) is 1. The minimum Gasteiger partial charge on any atom is -0.375 e. The Morgan fingerprint density at radius 3 is 2.75 bits per heavy atom. The summed E-state index contributed by atoms with van der Waals surface area (Å²) in [6, 6.07) is 7.00. The molecule has 0 unspecified atom stereocenters. The van der Waals surface area contributed by atoms with Crippen LogP contribution < -0.4 is 15.5 Å². The summed E-state index contributed by atoms with van der Waals surface area (Å²) in [7, 11) is 1.71. The molecule has 3 amide bonds. The highest BCUT2D eigenvalue weighted by Crippen LogP contribution is 2.43. The fourth-order valence-corrected chi connectivity index (χ4v) is 3.31. The summed E-state index contributed by atoms with van der Waals surface area (Å²) in [5.41, 5.74) is 1.08. The fraction of sp³-hybridized carbons (Fsp3) is 0.556. The van der Waals surface area contributed by atoms with E-state index >= 15 is 0 Å². The van der Waals surface area contributed by atoms with Crippen molar-refractivity contribution in [3.05, 3.63) is 24.3 Å². The van der Waals surface area contributed by atoms with Gasteiger partial charge < -0.3 is 20.3 Å². The predicted molar refractivity (Wildman–Crippen MR) is 93.2 cm³/mol. The van der Waals surface area contributed by atoms with Crippen LogP contribution in [0.25, 0.3) is 0 Å². The number of rotatable bonds is 4. The molecule has 0 spiro atoms. The number of anilines is 2. The number of hydrogen-bond donors (Lipinski definition) is 2. The normalized spacial score (nSPS) is 26.0. The van der Waals surface area contributed by atoms with Crippen LogP contribution in [0.15, 0.2) is 24.3 Å². The van der Waals surface area contributed by atoms with Crippen molar-refractivity contribution in [2.45, 2.75) is 44.8 Å². The summed E-state index contributed by atoms with van der Waals surface area (Å²) in [6.45, 7) is 4.26. The van der Waals surface area contributed by atoms with Gasteiger partial charge in [0.15, 0.2) is 0 Å². The Morgan fingerprint density at radius 2 is 2.08 bits per heavy atom. The minimum atomic E-state index is -0.320. The van der Waals surface area contributed by atoms with Gasteiger partial charge in [0, 0.05) is 32.0 Å². The van der Waals surface area contributed by atoms with E-state index in [9.17, 15) is 9.59 Å². The van der Waals surface area contributed by atoms with Gasteiger partial charge in [0.05, 0.1) is 11.6 Å². The maximum absolute atomic E-state index is 12.4. The van der Waals surface area contributed by atoms with Crippen molar-refractivity contribution < 1.29 is 14.3 Å². The van der Waals surface area contributed by atoms with Gasteiger partial charge in [-0.25, -0.2) is 4.79 Å². The van der Waals surface area contributed by atoms with E-state index in [1.165, 1.54) is 19.8 Å². The lowest BCUT2D eigenvalue weighted by Crippen LogP contribution is -2.53. The quantitative estimate of drug-likeness (QED) is 0.891. The molecule has 2 fully saturated rings. The van der Waals surface area contributed by atoms with Crippen molar-refractivity contribution in [3.8, 4) is 0 Å². The second kappa shape index (κ2) is 6.43. The summed E-state index contributed by atoms with van der Waals surface area (Å²) in [5.74, 6) is 0.518. The zero-order chi connectivity index (χ0) is 17.3. The second-order valence-electron chi connectivity index (χ2n) is 7.00. The van der Waals surface area contributed by atoms with E-state index in [1.807, 2.05) is 18.2 Å². The van der Waals surface area contributed by atoms with Crippen LogP contribution >= 0.6 is 0 Å².